The van der Waals surface area contributed by atoms with E-state index in [9.17, 15) is 14.7 Å². The highest BCUT2D eigenvalue weighted by Crippen LogP contribution is 2.44. The Bertz CT molecular complexity index is 1810. The van der Waals surface area contributed by atoms with Crippen LogP contribution in [-0.2, 0) is 13.0 Å². The normalized spacial score (nSPS) is 13.1. The van der Waals surface area contributed by atoms with Gasteiger partial charge in [-0.2, -0.15) is 0 Å². The number of aromatic amines is 1. The lowest BCUT2D eigenvalue weighted by Gasteiger charge is -2.20. The first-order valence-electron chi connectivity index (χ1n) is 11.8. The Hall–Kier alpha value is -4.17. The standard InChI is InChI=1S/C28H21ClFN3O4/c1-14-18(24(29)16-6-2-3-9-20(16)32-14)13-33-21-12-19(30)15-8-5-11-37-26(15)23(21)22(25(33)28(35)36)17-7-4-10-31-27(17)34/h2-4,6-7,9-10,12H,5,8,11,13H2,1H3,(H,31,34)(H,35,36). The van der Waals surface area contributed by atoms with Gasteiger partial charge in [0.05, 0.1) is 40.2 Å². The molecule has 0 saturated carbocycles. The van der Waals surface area contributed by atoms with E-state index < -0.39 is 17.3 Å². The zero-order valence-corrected chi connectivity index (χ0v) is 20.5. The number of aryl methyl sites for hydroxylation is 1. The summed E-state index contributed by atoms with van der Waals surface area (Å²) in [6.07, 6.45) is 2.57. The van der Waals surface area contributed by atoms with Gasteiger partial charge in [-0.15, -0.1) is 0 Å². The molecule has 0 atom stereocenters. The van der Waals surface area contributed by atoms with Gasteiger partial charge in [0.25, 0.3) is 5.56 Å². The topological polar surface area (TPSA) is 97.2 Å². The first-order valence-corrected chi connectivity index (χ1v) is 12.2. The molecule has 0 amide bonds. The SMILES string of the molecule is Cc1nc2ccccc2c(Cl)c1Cn1c(C(=O)O)c(-c2ccc[nH]c2=O)c2c3c(c(F)cc21)CCCO3. The first-order chi connectivity index (χ1) is 17.9. The summed E-state index contributed by atoms with van der Waals surface area (Å²) in [5.41, 5.74) is 2.35. The Kier molecular flexibility index (Phi) is 5.49. The predicted molar refractivity (Wildman–Crippen MR) is 139 cm³/mol. The van der Waals surface area contributed by atoms with Crippen molar-refractivity contribution in [1.82, 2.24) is 14.5 Å². The average Bonchev–Trinajstić information content (AvgIpc) is 3.21. The molecule has 0 radical (unpaired) electrons. The lowest BCUT2D eigenvalue weighted by Crippen LogP contribution is -2.14. The highest BCUT2D eigenvalue weighted by atomic mass is 35.5. The van der Waals surface area contributed by atoms with Crippen LogP contribution >= 0.6 is 11.6 Å². The minimum absolute atomic E-state index is 0.00357. The van der Waals surface area contributed by atoms with E-state index in [2.05, 4.69) is 9.97 Å². The molecule has 0 spiro atoms. The summed E-state index contributed by atoms with van der Waals surface area (Å²) >= 11 is 6.82. The third kappa shape index (κ3) is 3.59. The fourth-order valence-electron chi connectivity index (χ4n) is 5.23. The number of aromatic nitrogens is 3. The zero-order chi connectivity index (χ0) is 25.8. The van der Waals surface area contributed by atoms with Crippen LogP contribution in [0.4, 0.5) is 4.39 Å². The molecule has 1 aliphatic heterocycles. The van der Waals surface area contributed by atoms with Crippen molar-refractivity contribution in [3.05, 3.63) is 92.4 Å². The van der Waals surface area contributed by atoms with Crippen molar-refractivity contribution < 1.29 is 19.0 Å². The van der Waals surface area contributed by atoms with E-state index in [1.165, 1.54) is 16.8 Å². The van der Waals surface area contributed by atoms with Crippen LogP contribution in [-0.4, -0.2) is 32.2 Å². The highest BCUT2D eigenvalue weighted by molar-refractivity contribution is 6.36. The summed E-state index contributed by atoms with van der Waals surface area (Å²) in [6.45, 7) is 2.17. The molecule has 0 fully saturated rings. The molecule has 7 nitrogen and oxygen atoms in total. The van der Waals surface area contributed by atoms with Crippen molar-refractivity contribution in [1.29, 1.82) is 0 Å². The summed E-state index contributed by atoms with van der Waals surface area (Å²) < 4.78 is 22.8. The molecule has 0 aliphatic carbocycles. The number of halogens is 2. The van der Waals surface area contributed by atoms with E-state index in [0.29, 0.717) is 52.2 Å². The molecule has 6 rings (SSSR count). The third-order valence-corrected chi connectivity index (χ3v) is 7.34. The number of para-hydroxylation sites is 1. The number of ether oxygens (including phenoxy) is 1. The molecule has 0 unspecified atom stereocenters. The van der Waals surface area contributed by atoms with Gasteiger partial charge in [-0.25, -0.2) is 9.18 Å². The van der Waals surface area contributed by atoms with Crippen molar-refractivity contribution in [2.24, 2.45) is 0 Å². The van der Waals surface area contributed by atoms with Crippen LogP contribution in [0.15, 0.2) is 53.5 Å². The van der Waals surface area contributed by atoms with Gasteiger partial charge in [-0.3, -0.25) is 9.78 Å². The van der Waals surface area contributed by atoms with E-state index in [0.717, 1.165) is 10.9 Å². The maximum atomic E-state index is 15.4. The quantitative estimate of drug-likeness (QED) is 0.318. The fraction of sp³-hybridized carbons (Fsp3) is 0.179. The van der Waals surface area contributed by atoms with Crippen molar-refractivity contribution in [2.45, 2.75) is 26.3 Å². The molecule has 186 valence electrons. The van der Waals surface area contributed by atoms with Gasteiger partial charge >= 0.3 is 5.97 Å². The number of pyridine rings is 2. The van der Waals surface area contributed by atoms with E-state index in [1.54, 1.807) is 19.1 Å². The lowest BCUT2D eigenvalue weighted by atomic mass is 9.97. The van der Waals surface area contributed by atoms with Crippen LogP contribution in [0.2, 0.25) is 5.02 Å². The number of carbonyl (C=O) groups is 1. The molecule has 2 aromatic carbocycles. The molecule has 0 saturated heterocycles. The number of rotatable bonds is 4. The van der Waals surface area contributed by atoms with Crippen LogP contribution in [0.1, 0.15) is 33.7 Å². The number of nitrogens with one attached hydrogen (secondary N) is 1. The third-order valence-electron chi connectivity index (χ3n) is 6.91. The molecular formula is C28H21ClFN3O4. The summed E-state index contributed by atoms with van der Waals surface area (Å²) in [5, 5.41) is 12.0. The molecule has 0 bridgehead atoms. The van der Waals surface area contributed by atoms with Crippen molar-refractivity contribution >= 4 is 39.4 Å². The fourth-order valence-corrected chi connectivity index (χ4v) is 5.59. The number of aromatic carboxylic acids is 1. The smallest absolute Gasteiger partial charge is 0.353 e. The maximum Gasteiger partial charge on any atom is 0.353 e. The van der Waals surface area contributed by atoms with Crippen LogP contribution in [0.3, 0.4) is 0 Å². The van der Waals surface area contributed by atoms with Crippen molar-refractivity contribution in [3.63, 3.8) is 0 Å². The molecule has 3 aromatic heterocycles. The second-order valence-corrected chi connectivity index (χ2v) is 9.42. The number of hydrogen-bond donors (Lipinski definition) is 2. The van der Waals surface area contributed by atoms with Crippen molar-refractivity contribution in [2.75, 3.05) is 6.61 Å². The van der Waals surface area contributed by atoms with Gasteiger partial charge in [0.1, 0.15) is 17.3 Å². The van der Waals surface area contributed by atoms with E-state index in [-0.39, 0.29) is 29.1 Å². The predicted octanol–water partition coefficient (Wildman–Crippen LogP) is 5.72. The summed E-state index contributed by atoms with van der Waals surface area (Å²) in [6, 6.07) is 11.9. The Labute approximate surface area is 215 Å². The molecule has 9 heteroatoms. The summed E-state index contributed by atoms with van der Waals surface area (Å²) in [7, 11) is 0. The van der Waals surface area contributed by atoms with Gasteiger partial charge in [0.15, 0.2) is 0 Å². The first kappa shape index (κ1) is 23.2. The Morgan fingerprint density at radius 1 is 1.27 bits per heavy atom. The Morgan fingerprint density at radius 3 is 2.86 bits per heavy atom. The number of nitrogens with zero attached hydrogens (tertiary/aromatic N) is 2. The average molecular weight is 518 g/mol. The largest absolute Gasteiger partial charge is 0.492 e. The van der Waals surface area contributed by atoms with E-state index in [4.69, 9.17) is 16.3 Å². The van der Waals surface area contributed by atoms with Crippen LogP contribution < -0.4 is 10.3 Å². The summed E-state index contributed by atoms with van der Waals surface area (Å²) in [5.74, 6) is -1.46. The number of carboxylic acid groups (broad SMARTS) is 1. The monoisotopic (exact) mass is 517 g/mol. The molecule has 5 aromatic rings. The number of carboxylic acids is 1. The highest BCUT2D eigenvalue weighted by Gasteiger charge is 2.31. The number of hydrogen-bond acceptors (Lipinski definition) is 4. The Morgan fingerprint density at radius 2 is 2.08 bits per heavy atom. The van der Waals surface area contributed by atoms with Gasteiger partial charge in [-0.1, -0.05) is 29.8 Å². The maximum absolute atomic E-state index is 15.4. The number of benzene rings is 2. The molecule has 37 heavy (non-hydrogen) atoms. The Balaban J connectivity index is 1.73. The second-order valence-electron chi connectivity index (χ2n) is 9.05. The van der Waals surface area contributed by atoms with E-state index >= 15 is 4.39 Å². The van der Waals surface area contributed by atoms with Gasteiger partial charge < -0.3 is 19.4 Å². The molecule has 1 aliphatic rings. The molecule has 4 heterocycles. The minimum Gasteiger partial charge on any atom is -0.492 e. The number of H-pyrrole nitrogens is 1. The van der Waals surface area contributed by atoms with Crippen LogP contribution in [0.5, 0.6) is 5.75 Å². The minimum atomic E-state index is -1.26. The zero-order valence-electron chi connectivity index (χ0n) is 19.8. The van der Waals surface area contributed by atoms with Gasteiger partial charge in [-0.05, 0) is 44.0 Å². The molecular weight excluding hydrogens is 497 g/mol. The van der Waals surface area contributed by atoms with Gasteiger partial charge in [0.2, 0.25) is 0 Å². The molecule has 2 N–H and O–H groups in total. The van der Waals surface area contributed by atoms with Crippen LogP contribution in [0, 0.1) is 12.7 Å². The number of fused-ring (bicyclic) bond motifs is 4. The summed E-state index contributed by atoms with van der Waals surface area (Å²) in [4.78, 5) is 33.0. The van der Waals surface area contributed by atoms with Crippen molar-refractivity contribution in [3.8, 4) is 16.9 Å². The van der Waals surface area contributed by atoms with E-state index in [1.807, 2.05) is 24.3 Å². The lowest BCUT2D eigenvalue weighted by molar-refractivity contribution is 0.0687. The second kappa shape index (κ2) is 8.74. The van der Waals surface area contributed by atoms with Crippen LogP contribution in [0.25, 0.3) is 32.9 Å². The van der Waals surface area contributed by atoms with Gasteiger partial charge in [0, 0.05) is 34.0 Å².